The predicted molar refractivity (Wildman–Crippen MR) is 116 cm³/mol. The van der Waals surface area contributed by atoms with Gasteiger partial charge in [-0.15, -0.1) is 0 Å². The standard InChI is InChI=1S/C22H27N3O6S/c26-22(21-16-20(23-24-21)17-4-2-1-3-5-17)31-15-14-30-18-6-8-19(9-7-18)32(27,28)25-10-12-29-13-11-25/h1-9,20-21,23-24H,10-16H2. The van der Waals surface area contributed by atoms with Gasteiger partial charge in [-0.05, 0) is 36.2 Å². The molecule has 2 aliphatic rings. The van der Waals surface area contributed by atoms with Crippen LogP contribution >= 0.6 is 0 Å². The maximum absolute atomic E-state index is 12.6. The molecule has 2 aromatic rings. The molecule has 9 nitrogen and oxygen atoms in total. The van der Waals surface area contributed by atoms with Crippen LogP contribution in [0.4, 0.5) is 0 Å². The molecule has 0 aliphatic carbocycles. The van der Waals surface area contributed by atoms with Crippen LogP contribution in [0.15, 0.2) is 59.5 Å². The van der Waals surface area contributed by atoms with Gasteiger partial charge in [0.1, 0.15) is 25.0 Å². The summed E-state index contributed by atoms with van der Waals surface area (Å²) in [6.45, 7) is 1.77. The van der Waals surface area contributed by atoms with E-state index in [1.807, 2.05) is 30.3 Å². The third kappa shape index (κ3) is 5.45. The van der Waals surface area contributed by atoms with Gasteiger partial charge in [-0.1, -0.05) is 30.3 Å². The molecule has 2 atom stereocenters. The summed E-state index contributed by atoms with van der Waals surface area (Å²) in [5.41, 5.74) is 7.21. The summed E-state index contributed by atoms with van der Waals surface area (Å²) < 4.78 is 42.8. The quantitative estimate of drug-likeness (QED) is 0.447. The number of nitrogens with one attached hydrogen (secondary N) is 2. The zero-order chi connectivity index (χ0) is 22.4. The molecule has 4 rings (SSSR count). The van der Waals surface area contributed by atoms with Crippen molar-refractivity contribution in [1.82, 2.24) is 15.2 Å². The van der Waals surface area contributed by atoms with Crippen molar-refractivity contribution in [3.05, 3.63) is 60.2 Å². The van der Waals surface area contributed by atoms with Crippen molar-refractivity contribution in [1.29, 1.82) is 0 Å². The van der Waals surface area contributed by atoms with E-state index >= 15 is 0 Å². The van der Waals surface area contributed by atoms with E-state index in [1.165, 1.54) is 16.4 Å². The molecular formula is C22H27N3O6S. The van der Waals surface area contributed by atoms with Crippen LogP contribution in [0.25, 0.3) is 0 Å². The predicted octanol–water partition coefficient (Wildman–Crippen LogP) is 1.24. The number of carbonyl (C=O) groups is 1. The van der Waals surface area contributed by atoms with E-state index in [4.69, 9.17) is 14.2 Å². The van der Waals surface area contributed by atoms with E-state index in [9.17, 15) is 13.2 Å². The number of benzene rings is 2. The van der Waals surface area contributed by atoms with E-state index in [1.54, 1.807) is 12.1 Å². The molecule has 0 spiro atoms. The number of nitrogens with zero attached hydrogens (tertiary/aromatic N) is 1. The molecule has 0 bridgehead atoms. The lowest BCUT2D eigenvalue weighted by molar-refractivity contribution is -0.146. The van der Waals surface area contributed by atoms with E-state index in [-0.39, 0.29) is 30.1 Å². The van der Waals surface area contributed by atoms with Gasteiger partial charge in [0.15, 0.2) is 0 Å². The number of hydrogen-bond donors (Lipinski definition) is 2. The van der Waals surface area contributed by atoms with Crippen LogP contribution in [-0.2, 0) is 24.3 Å². The van der Waals surface area contributed by atoms with Crippen LogP contribution in [-0.4, -0.2) is 64.3 Å². The molecule has 2 aliphatic heterocycles. The van der Waals surface area contributed by atoms with E-state index in [0.717, 1.165) is 5.56 Å². The van der Waals surface area contributed by atoms with Crippen LogP contribution in [0, 0.1) is 0 Å². The molecule has 10 heteroatoms. The zero-order valence-electron chi connectivity index (χ0n) is 17.6. The van der Waals surface area contributed by atoms with E-state index in [2.05, 4.69) is 10.9 Å². The Hall–Kier alpha value is -2.50. The number of hydrazine groups is 1. The lowest BCUT2D eigenvalue weighted by Crippen LogP contribution is -2.40. The molecule has 2 fully saturated rings. The van der Waals surface area contributed by atoms with Crippen LogP contribution in [0.5, 0.6) is 5.75 Å². The van der Waals surface area contributed by atoms with Crippen LogP contribution in [0.3, 0.4) is 0 Å². The Morgan fingerprint density at radius 3 is 2.44 bits per heavy atom. The van der Waals surface area contributed by atoms with Crippen molar-refractivity contribution in [2.24, 2.45) is 0 Å². The largest absolute Gasteiger partial charge is 0.490 e. The highest BCUT2D eigenvalue weighted by molar-refractivity contribution is 7.89. The first kappa shape index (κ1) is 22.7. The maximum atomic E-state index is 12.6. The minimum atomic E-state index is -3.53. The van der Waals surface area contributed by atoms with Crippen molar-refractivity contribution in [2.45, 2.75) is 23.4 Å². The normalized spacial score (nSPS) is 21.9. The van der Waals surface area contributed by atoms with Crippen molar-refractivity contribution >= 4 is 16.0 Å². The van der Waals surface area contributed by atoms with Crippen molar-refractivity contribution in [3.63, 3.8) is 0 Å². The molecule has 2 N–H and O–H groups in total. The molecule has 2 saturated heterocycles. The number of sulfonamides is 1. The first-order chi connectivity index (χ1) is 15.5. The summed E-state index contributed by atoms with van der Waals surface area (Å²) in [5, 5.41) is 0. The summed E-state index contributed by atoms with van der Waals surface area (Å²) in [6.07, 6.45) is 0.600. The number of carbonyl (C=O) groups excluding carboxylic acids is 1. The van der Waals surface area contributed by atoms with Crippen molar-refractivity contribution < 1.29 is 27.4 Å². The second-order valence-electron chi connectivity index (χ2n) is 7.54. The summed E-state index contributed by atoms with van der Waals surface area (Å²) >= 11 is 0. The lowest BCUT2D eigenvalue weighted by Gasteiger charge is -2.26. The Labute approximate surface area is 187 Å². The second-order valence-corrected chi connectivity index (χ2v) is 9.48. The van der Waals surface area contributed by atoms with Crippen LogP contribution in [0.2, 0.25) is 0 Å². The number of rotatable bonds is 8. The fraction of sp³-hybridized carbons (Fsp3) is 0.409. The monoisotopic (exact) mass is 461 g/mol. The molecule has 0 amide bonds. The summed E-state index contributed by atoms with van der Waals surface area (Å²) in [4.78, 5) is 12.5. The molecule has 172 valence electrons. The smallest absolute Gasteiger partial charge is 0.324 e. The average molecular weight is 462 g/mol. The molecule has 0 radical (unpaired) electrons. The van der Waals surface area contributed by atoms with Crippen molar-refractivity contribution in [2.75, 3.05) is 39.5 Å². The third-order valence-corrected chi connectivity index (χ3v) is 7.33. The fourth-order valence-electron chi connectivity index (χ4n) is 3.66. The molecule has 0 aromatic heterocycles. The van der Waals surface area contributed by atoms with Gasteiger partial charge in [-0.25, -0.2) is 19.3 Å². The van der Waals surface area contributed by atoms with Gasteiger partial charge in [0.2, 0.25) is 10.0 Å². The van der Waals surface area contributed by atoms with Gasteiger partial charge in [0.05, 0.1) is 18.1 Å². The first-order valence-electron chi connectivity index (χ1n) is 10.6. The highest BCUT2D eigenvalue weighted by Crippen LogP contribution is 2.23. The van der Waals surface area contributed by atoms with Gasteiger partial charge in [-0.3, -0.25) is 4.79 Å². The summed E-state index contributed by atoms with van der Waals surface area (Å²) in [6, 6.07) is 15.8. The van der Waals surface area contributed by atoms with Crippen molar-refractivity contribution in [3.8, 4) is 5.75 Å². The number of esters is 1. The van der Waals surface area contributed by atoms with Gasteiger partial charge >= 0.3 is 5.97 Å². The summed E-state index contributed by atoms with van der Waals surface area (Å²) in [7, 11) is -3.53. The lowest BCUT2D eigenvalue weighted by atomic mass is 10.0. The summed E-state index contributed by atoms with van der Waals surface area (Å²) in [5.74, 6) is 0.165. The first-order valence-corrected chi connectivity index (χ1v) is 12.0. The Balaban J connectivity index is 1.20. The topological polar surface area (TPSA) is 106 Å². The Morgan fingerprint density at radius 1 is 1.00 bits per heavy atom. The Bertz CT molecular complexity index is 994. The number of hydrogen-bond acceptors (Lipinski definition) is 8. The molecule has 2 heterocycles. The highest BCUT2D eigenvalue weighted by atomic mass is 32.2. The second kappa shape index (κ2) is 10.4. The van der Waals surface area contributed by atoms with E-state index < -0.39 is 16.1 Å². The van der Waals surface area contributed by atoms with Gasteiger partial charge in [0, 0.05) is 19.1 Å². The zero-order valence-corrected chi connectivity index (χ0v) is 18.4. The van der Waals surface area contributed by atoms with Crippen LogP contribution in [0.1, 0.15) is 18.0 Å². The number of morpholine rings is 1. The van der Waals surface area contributed by atoms with Gasteiger partial charge in [0.25, 0.3) is 0 Å². The fourth-order valence-corrected chi connectivity index (χ4v) is 5.07. The van der Waals surface area contributed by atoms with Gasteiger partial charge in [-0.2, -0.15) is 4.31 Å². The van der Waals surface area contributed by atoms with Gasteiger partial charge < -0.3 is 14.2 Å². The molecule has 2 unspecified atom stereocenters. The van der Waals surface area contributed by atoms with Crippen LogP contribution < -0.4 is 15.6 Å². The molecule has 2 aromatic carbocycles. The minimum Gasteiger partial charge on any atom is -0.490 e. The minimum absolute atomic E-state index is 0.0530. The number of ether oxygens (including phenoxy) is 3. The molecular weight excluding hydrogens is 434 g/mol. The SMILES string of the molecule is O=C(OCCOc1ccc(S(=O)(=O)N2CCOCC2)cc1)C1CC(c2ccccc2)NN1. The van der Waals surface area contributed by atoms with E-state index in [0.29, 0.717) is 38.5 Å². The Kier molecular flexibility index (Phi) is 7.38. The molecule has 32 heavy (non-hydrogen) atoms. The molecule has 0 saturated carbocycles. The maximum Gasteiger partial charge on any atom is 0.324 e. The average Bonchev–Trinajstić information content (AvgIpc) is 3.34. The highest BCUT2D eigenvalue weighted by Gasteiger charge is 2.31. The third-order valence-electron chi connectivity index (χ3n) is 5.42. The Morgan fingerprint density at radius 2 is 1.72 bits per heavy atom.